The molecule has 4 nitrogen and oxygen atoms in total. The van der Waals surface area contributed by atoms with E-state index in [1.807, 2.05) is 55.5 Å². The smallest absolute Gasteiger partial charge is 0.234 e. The fourth-order valence-corrected chi connectivity index (χ4v) is 3.87. The van der Waals surface area contributed by atoms with Crippen LogP contribution in [0.2, 0.25) is 10.0 Å². The normalized spacial score (nSPS) is 10.4. The second kappa shape index (κ2) is 10.7. The van der Waals surface area contributed by atoms with Gasteiger partial charge in [0.1, 0.15) is 0 Å². The average Bonchev–Trinajstić information content (AvgIpc) is 2.72. The molecule has 0 spiro atoms. The van der Waals surface area contributed by atoms with Crippen LogP contribution in [0.4, 0.5) is 17.1 Å². The van der Waals surface area contributed by atoms with Gasteiger partial charge in [-0.15, -0.1) is 11.8 Å². The number of thioether (sulfide) groups is 1. The van der Waals surface area contributed by atoms with Gasteiger partial charge in [-0.3, -0.25) is 4.79 Å². The lowest BCUT2D eigenvalue weighted by molar-refractivity contribution is -0.113. The first-order chi connectivity index (χ1) is 14.4. The van der Waals surface area contributed by atoms with E-state index in [0.717, 1.165) is 16.3 Å². The largest absolute Gasteiger partial charge is 0.332 e. The van der Waals surface area contributed by atoms with E-state index in [2.05, 4.69) is 16.0 Å². The minimum atomic E-state index is -0.168. The number of nitrogens with one attached hydrogen (secondary N) is 3. The summed E-state index contributed by atoms with van der Waals surface area (Å²) in [5.74, 6) is 0.0670. The average molecular weight is 476 g/mol. The molecule has 0 fully saturated rings. The maximum Gasteiger partial charge on any atom is 0.234 e. The molecule has 0 saturated carbocycles. The van der Waals surface area contributed by atoms with Crippen LogP contribution in [0.1, 0.15) is 5.56 Å². The molecule has 1 amide bonds. The van der Waals surface area contributed by atoms with Gasteiger partial charge in [-0.05, 0) is 61.6 Å². The number of anilines is 3. The minimum Gasteiger partial charge on any atom is -0.332 e. The van der Waals surface area contributed by atoms with Gasteiger partial charge in [0, 0.05) is 16.3 Å². The summed E-state index contributed by atoms with van der Waals surface area (Å²) in [5, 5.41) is 10.3. The Labute approximate surface area is 195 Å². The zero-order chi connectivity index (χ0) is 21.5. The third-order valence-electron chi connectivity index (χ3n) is 4.00. The molecule has 0 heterocycles. The van der Waals surface area contributed by atoms with Crippen molar-refractivity contribution < 1.29 is 4.79 Å². The van der Waals surface area contributed by atoms with Crippen molar-refractivity contribution in [3.05, 3.63) is 82.3 Å². The van der Waals surface area contributed by atoms with Crippen LogP contribution in [0.15, 0.2) is 71.6 Å². The van der Waals surface area contributed by atoms with Gasteiger partial charge >= 0.3 is 0 Å². The molecule has 8 heteroatoms. The maximum atomic E-state index is 12.3. The zero-order valence-electron chi connectivity index (χ0n) is 16.0. The summed E-state index contributed by atoms with van der Waals surface area (Å²) in [6, 6.07) is 20.8. The molecular formula is C22H19Cl2N3OS2. The van der Waals surface area contributed by atoms with E-state index in [1.54, 1.807) is 18.2 Å². The quantitative estimate of drug-likeness (QED) is 0.269. The number of hydrogen-bond acceptors (Lipinski definition) is 3. The Bertz CT molecular complexity index is 1060. The number of carbonyl (C=O) groups excluding carboxylic acids is 1. The van der Waals surface area contributed by atoms with Crippen LogP contribution in [-0.4, -0.2) is 16.8 Å². The maximum absolute atomic E-state index is 12.3. The second-order valence-corrected chi connectivity index (χ2v) is 8.65. The van der Waals surface area contributed by atoms with Crippen molar-refractivity contribution in [2.75, 3.05) is 21.7 Å². The van der Waals surface area contributed by atoms with Crippen LogP contribution in [0.25, 0.3) is 0 Å². The number of aryl methyl sites for hydroxylation is 1. The number of benzene rings is 3. The van der Waals surface area contributed by atoms with Crippen molar-refractivity contribution in [2.45, 2.75) is 11.8 Å². The molecule has 0 unspecified atom stereocenters. The van der Waals surface area contributed by atoms with Gasteiger partial charge < -0.3 is 16.0 Å². The number of amides is 1. The van der Waals surface area contributed by atoms with E-state index in [9.17, 15) is 4.79 Å². The van der Waals surface area contributed by atoms with Crippen molar-refractivity contribution in [2.24, 2.45) is 0 Å². The van der Waals surface area contributed by atoms with Gasteiger partial charge in [-0.25, -0.2) is 0 Å². The Morgan fingerprint density at radius 3 is 2.40 bits per heavy atom. The van der Waals surface area contributed by atoms with E-state index >= 15 is 0 Å². The summed E-state index contributed by atoms with van der Waals surface area (Å²) in [4.78, 5) is 13.2. The Morgan fingerprint density at radius 2 is 1.63 bits per heavy atom. The Kier molecular flexibility index (Phi) is 7.99. The number of thiocarbonyl (C=S) groups is 1. The predicted octanol–water partition coefficient (Wildman–Crippen LogP) is 6.84. The summed E-state index contributed by atoms with van der Waals surface area (Å²) in [6.45, 7) is 2.04. The van der Waals surface area contributed by atoms with Crippen molar-refractivity contribution in [3.8, 4) is 0 Å². The first kappa shape index (κ1) is 22.4. The van der Waals surface area contributed by atoms with Crippen LogP contribution >= 0.6 is 47.2 Å². The molecule has 3 aromatic rings. The standard InChI is InChI=1S/C22H19Cl2N3OS2/c1-14-8-10-15(11-9-14)25-22(29)26-16-4-2-5-17(12-16)30-13-20(28)27-19-7-3-6-18(23)21(19)24/h2-12H,13H2,1H3,(H,27,28)(H2,25,26,29). The summed E-state index contributed by atoms with van der Waals surface area (Å²) >= 11 is 18.9. The van der Waals surface area contributed by atoms with Crippen molar-refractivity contribution in [1.82, 2.24) is 0 Å². The summed E-state index contributed by atoms with van der Waals surface area (Å²) in [7, 11) is 0. The van der Waals surface area contributed by atoms with Gasteiger partial charge in [0.15, 0.2) is 5.11 Å². The molecular weight excluding hydrogens is 457 g/mol. The summed E-state index contributed by atoms with van der Waals surface area (Å²) in [5.41, 5.74) is 3.44. The monoisotopic (exact) mass is 475 g/mol. The lowest BCUT2D eigenvalue weighted by atomic mass is 10.2. The minimum absolute atomic E-state index is 0.168. The molecule has 0 aromatic heterocycles. The first-order valence-electron chi connectivity index (χ1n) is 9.02. The molecule has 3 N–H and O–H groups in total. The van der Waals surface area contributed by atoms with Crippen LogP contribution in [0.5, 0.6) is 0 Å². The number of carbonyl (C=O) groups is 1. The molecule has 3 rings (SSSR count). The van der Waals surface area contributed by atoms with E-state index in [1.165, 1.54) is 17.3 Å². The molecule has 0 aliphatic carbocycles. The van der Waals surface area contributed by atoms with Crippen LogP contribution in [0.3, 0.4) is 0 Å². The van der Waals surface area contributed by atoms with Gasteiger partial charge in [0.2, 0.25) is 5.91 Å². The predicted molar refractivity (Wildman–Crippen MR) is 133 cm³/mol. The van der Waals surface area contributed by atoms with Crippen molar-refractivity contribution in [3.63, 3.8) is 0 Å². The highest BCUT2D eigenvalue weighted by Crippen LogP contribution is 2.30. The van der Waals surface area contributed by atoms with E-state index in [-0.39, 0.29) is 11.7 Å². The van der Waals surface area contributed by atoms with Crippen LogP contribution in [0, 0.1) is 6.92 Å². The van der Waals surface area contributed by atoms with Gasteiger partial charge in [-0.2, -0.15) is 0 Å². The molecule has 0 aliphatic rings. The molecule has 3 aromatic carbocycles. The third-order valence-corrected chi connectivity index (χ3v) is 6.01. The highest BCUT2D eigenvalue weighted by Gasteiger charge is 2.09. The SMILES string of the molecule is Cc1ccc(NC(=S)Nc2cccc(SCC(=O)Nc3cccc(Cl)c3Cl)c2)cc1. The number of rotatable bonds is 6. The Hall–Kier alpha value is -2.25. The van der Waals surface area contributed by atoms with Gasteiger partial charge in [-0.1, -0.05) is 53.0 Å². The first-order valence-corrected chi connectivity index (χ1v) is 11.2. The van der Waals surface area contributed by atoms with E-state index in [4.69, 9.17) is 35.4 Å². The Balaban J connectivity index is 1.53. The highest BCUT2D eigenvalue weighted by molar-refractivity contribution is 8.00. The van der Waals surface area contributed by atoms with Crippen molar-refractivity contribution >= 4 is 75.3 Å². The lowest BCUT2D eigenvalue weighted by Gasteiger charge is -2.12. The third kappa shape index (κ3) is 6.64. The molecule has 0 aliphatic heterocycles. The van der Waals surface area contributed by atoms with Crippen molar-refractivity contribution in [1.29, 1.82) is 0 Å². The summed E-state index contributed by atoms with van der Waals surface area (Å²) < 4.78 is 0. The molecule has 0 radical (unpaired) electrons. The fourth-order valence-electron chi connectivity index (χ4n) is 2.53. The molecule has 0 atom stereocenters. The van der Waals surface area contributed by atoms with E-state index in [0.29, 0.717) is 20.8 Å². The molecule has 0 bridgehead atoms. The zero-order valence-corrected chi connectivity index (χ0v) is 19.2. The van der Waals surface area contributed by atoms with Crippen LogP contribution < -0.4 is 16.0 Å². The highest BCUT2D eigenvalue weighted by atomic mass is 35.5. The molecule has 30 heavy (non-hydrogen) atoms. The fraction of sp³-hybridized carbons (Fsp3) is 0.0909. The van der Waals surface area contributed by atoms with Gasteiger partial charge in [0.05, 0.1) is 21.5 Å². The lowest BCUT2D eigenvalue weighted by Crippen LogP contribution is -2.19. The molecule has 0 saturated heterocycles. The summed E-state index contributed by atoms with van der Waals surface area (Å²) in [6.07, 6.45) is 0. The van der Waals surface area contributed by atoms with Gasteiger partial charge in [0.25, 0.3) is 0 Å². The Morgan fingerprint density at radius 1 is 0.933 bits per heavy atom. The van der Waals surface area contributed by atoms with Crippen LogP contribution in [-0.2, 0) is 4.79 Å². The topological polar surface area (TPSA) is 53.2 Å². The number of halogens is 2. The second-order valence-electron chi connectivity index (χ2n) is 6.41. The number of hydrogen-bond donors (Lipinski definition) is 3. The molecule has 154 valence electrons. The van der Waals surface area contributed by atoms with E-state index < -0.39 is 0 Å².